The lowest BCUT2D eigenvalue weighted by atomic mass is 10.1. The van der Waals surface area contributed by atoms with Gasteiger partial charge < -0.3 is 4.74 Å². The zero-order valence-corrected chi connectivity index (χ0v) is 11.9. The molecule has 0 heterocycles. The zero-order chi connectivity index (χ0) is 13.7. The van der Waals surface area contributed by atoms with Crippen LogP contribution in [0.2, 0.25) is 0 Å². The minimum Gasteiger partial charge on any atom is -0.497 e. The average molecular weight is 272 g/mol. The molecule has 2 rings (SSSR count). The number of thioether (sulfide) groups is 1. The molecule has 98 valence electrons. The van der Waals surface area contributed by atoms with Gasteiger partial charge in [0.25, 0.3) is 0 Å². The van der Waals surface area contributed by atoms with Crippen molar-refractivity contribution in [3.63, 3.8) is 0 Å². The highest BCUT2D eigenvalue weighted by molar-refractivity contribution is 8.13. The van der Waals surface area contributed by atoms with Crippen molar-refractivity contribution in [2.45, 2.75) is 6.92 Å². The molecule has 0 unspecified atom stereocenters. The monoisotopic (exact) mass is 272 g/mol. The second kappa shape index (κ2) is 6.43. The number of methoxy groups -OCH3 is 1. The van der Waals surface area contributed by atoms with Crippen LogP contribution in [0.15, 0.2) is 42.5 Å². The molecule has 0 saturated heterocycles. The van der Waals surface area contributed by atoms with Crippen LogP contribution in [0.3, 0.4) is 0 Å². The average Bonchev–Trinajstić information content (AvgIpc) is 2.42. The van der Waals surface area contributed by atoms with E-state index in [1.807, 2.05) is 24.3 Å². The third-order valence-electron chi connectivity index (χ3n) is 2.76. The summed E-state index contributed by atoms with van der Waals surface area (Å²) >= 11 is 1.32. The van der Waals surface area contributed by atoms with E-state index in [1.165, 1.54) is 17.1 Å². The van der Waals surface area contributed by atoms with Crippen LogP contribution in [0, 0.1) is 0 Å². The van der Waals surface area contributed by atoms with E-state index in [-0.39, 0.29) is 5.12 Å². The molecule has 0 saturated carbocycles. The maximum atomic E-state index is 10.8. The summed E-state index contributed by atoms with van der Waals surface area (Å²) in [6.45, 7) is 1.59. The van der Waals surface area contributed by atoms with Crippen molar-refractivity contribution in [2.24, 2.45) is 0 Å². The van der Waals surface area contributed by atoms with Crippen LogP contribution in [-0.4, -0.2) is 18.0 Å². The number of rotatable bonds is 4. The number of hydrogen-bond acceptors (Lipinski definition) is 3. The summed E-state index contributed by atoms with van der Waals surface area (Å²) in [5, 5.41) is 2.49. The number of ether oxygens (including phenoxy) is 1. The largest absolute Gasteiger partial charge is 0.497 e. The summed E-state index contributed by atoms with van der Waals surface area (Å²) in [4.78, 5) is 10.8. The van der Waals surface area contributed by atoms with Gasteiger partial charge in [0, 0.05) is 12.7 Å². The Hall–Kier alpha value is -1.74. The summed E-state index contributed by atoms with van der Waals surface area (Å²) in [5.41, 5.74) is 1.14. The Kier molecular flexibility index (Phi) is 4.63. The second-order valence-corrected chi connectivity index (χ2v) is 5.37. The molecule has 2 nitrogen and oxygen atoms in total. The van der Waals surface area contributed by atoms with Crippen LogP contribution in [0.5, 0.6) is 5.75 Å². The Morgan fingerprint density at radius 2 is 1.95 bits per heavy atom. The first-order valence-electron chi connectivity index (χ1n) is 6.07. The van der Waals surface area contributed by atoms with Gasteiger partial charge in [-0.3, -0.25) is 4.79 Å². The molecular weight excluding hydrogens is 256 g/mol. The van der Waals surface area contributed by atoms with Crippen LogP contribution < -0.4 is 4.74 Å². The minimum atomic E-state index is 0.148. The number of carbonyl (C=O) groups excluding carboxylic acids is 1. The molecular formula is C16H16O2S. The first-order chi connectivity index (χ1) is 9.19. The Labute approximate surface area is 117 Å². The van der Waals surface area contributed by atoms with Crippen LogP contribution in [0.4, 0.5) is 0 Å². The van der Waals surface area contributed by atoms with E-state index in [2.05, 4.69) is 24.3 Å². The molecule has 2 aromatic rings. The van der Waals surface area contributed by atoms with E-state index in [4.69, 9.17) is 4.74 Å². The van der Waals surface area contributed by atoms with E-state index in [0.717, 1.165) is 22.5 Å². The minimum absolute atomic E-state index is 0.148. The Balaban J connectivity index is 2.15. The molecule has 3 heteroatoms. The fraction of sp³-hybridized carbons (Fsp3) is 0.188. The number of carbonyl (C=O) groups is 1. The molecule has 2 aromatic carbocycles. The lowest BCUT2D eigenvalue weighted by Crippen LogP contribution is -1.83. The first kappa shape index (κ1) is 13.7. The van der Waals surface area contributed by atoms with E-state index in [9.17, 15) is 4.79 Å². The van der Waals surface area contributed by atoms with Gasteiger partial charge in [-0.1, -0.05) is 42.1 Å². The molecule has 0 amide bonds. The Morgan fingerprint density at radius 3 is 2.68 bits per heavy atom. The maximum absolute atomic E-state index is 10.8. The van der Waals surface area contributed by atoms with Gasteiger partial charge in [-0.2, -0.15) is 0 Å². The topological polar surface area (TPSA) is 26.3 Å². The van der Waals surface area contributed by atoms with Gasteiger partial charge in [-0.15, -0.1) is 0 Å². The summed E-state index contributed by atoms with van der Waals surface area (Å²) < 4.78 is 5.21. The zero-order valence-electron chi connectivity index (χ0n) is 11.1. The highest BCUT2D eigenvalue weighted by atomic mass is 32.2. The molecule has 0 aliphatic heterocycles. The van der Waals surface area contributed by atoms with Crippen LogP contribution in [0.1, 0.15) is 12.5 Å². The van der Waals surface area contributed by atoms with Crippen molar-refractivity contribution < 1.29 is 9.53 Å². The maximum Gasteiger partial charge on any atom is 0.186 e. The predicted octanol–water partition coefficient (Wildman–Crippen LogP) is 4.14. The highest BCUT2D eigenvalue weighted by Crippen LogP contribution is 2.22. The molecule has 19 heavy (non-hydrogen) atoms. The molecule has 0 aliphatic rings. The lowest BCUT2D eigenvalue weighted by Gasteiger charge is -2.03. The summed E-state index contributed by atoms with van der Waals surface area (Å²) in [5.74, 6) is 1.59. The van der Waals surface area contributed by atoms with Crippen LogP contribution in [-0.2, 0) is 4.79 Å². The van der Waals surface area contributed by atoms with Gasteiger partial charge in [0.1, 0.15) is 5.75 Å². The van der Waals surface area contributed by atoms with E-state index in [0.29, 0.717) is 0 Å². The number of hydrogen-bond donors (Lipinski definition) is 0. The van der Waals surface area contributed by atoms with Crippen molar-refractivity contribution in [1.29, 1.82) is 0 Å². The quantitative estimate of drug-likeness (QED) is 0.836. The molecule has 0 atom stereocenters. The van der Waals surface area contributed by atoms with Gasteiger partial charge in [0.05, 0.1) is 7.11 Å². The predicted molar refractivity (Wildman–Crippen MR) is 82.7 cm³/mol. The van der Waals surface area contributed by atoms with Crippen LogP contribution in [0.25, 0.3) is 16.8 Å². The van der Waals surface area contributed by atoms with E-state index in [1.54, 1.807) is 14.0 Å². The first-order valence-corrected chi connectivity index (χ1v) is 7.05. The number of fused-ring (bicyclic) bond motifs is 1. The lowest BCUT2D eigenvalue weighted by molar-refractivity contribution is -0.109. The van der Waals surface area contributed by atoms with Crippen molar-refractivity contribution in [2.75, 3.05) is 12.9 Å². The van der Waals surface area contributed by atoms with Crippen LogP contribution >= 0.6 is 11.8 Å². The van der Waals surface area contributed by atoms with Gasteiger partial charge in [-0.25, -0.2) is 0 Å². The van der Waals surface area contributed by atoms with Gasteiger partial charge in [-0.05, 0) is 34.5 Å². The van der Waals surface area contributed by atoms with Crippen molar-refractivity contribution in [3.8, 4) is 5.75 Å². The second-order valence-electron chi connectivity index (χ2n) is 4.18. The normalized spacial score (nSPS) is 11.1. The fourth-order valence-corrected chi connectivity index (χ4v) is 2.25. The molecule has 0 bridgehead atoms. The van der Waals surface area contributed by atoms with Crippen molar-refractivity contribution >= 4 is 33.7 Å². The molecule has 0 N–H and O–H groups in total. The molecule has 0 aliphatic carbocycles. The van der Waals surface area contributed by atoms with E-state index >= 15 is 0 Å². The molecule has 0 aromatic heterocycles. The number of benzene rings is 2. The van der Waals surface area contributed by atoms with Crippen molar-refractivity contribution in [1.82, 2.24) is 0 Å². The summed E-state index contributed by atoms with van der Waals surface area (Å²) in [6.07, 6.45) is 4.05. The third kappa shape index (κ3) is 3.86. The fourth-order valence-electron chi connectivity index (χ4n) is 1.82. The standard InChI is InChI=1S/C16H16O2S/c1-12(17)19-9-3-4-13-5-6-15-11-16(18-2)8-7-14(15)10-13/h3-8,10-11H,9H2,1-2H3. The third-order valence-corrected chi connectivity index (χ3v) is 3.53. The smallest absolute Gasteiger partial charge is 0.186 e. The molecule has 0 radical (unpaired) electrons. The van der Waals surface area contributed by atoms with Gasteiger partial charge in [0.15, 0.2) is 5.12 Å². The highest BCUT2D eigenvalue weighted by Gasteiger charge is 1.97. The molecule has 0 spiro atoms. The SMILES string of the molecule is COc1ccc2cc(C=CCSC(C)=O)ccc2c1. The van der Waals surface area contributed by atoms with Gasteiger partial charge in [0.2, 0.25) is 0 Å². The van der Waals surface area contributed by atoms with E-state index < -0.39 is 0 Å². The van der Waals surface area contributed by atoms with Crippen molar-refractivity contribution in [3.05, 3.63) is 48.0 Å². The summed E-state index contributed by atoms with van der Waals surface area (Å²) in [6, 6.07) is 12.3. The van der Waals surface area contributed by atoms with Gasteiger partial charge >= 0.3 is 0 Å². The summed E-state index contributed by atoms with van der Waals surface area (Å²) in [7, 11) is 1.67. The molecule has 0 fully saturated rings. The Morgan fingerprint density at radius 1 is 1.21 bits per heavy atom. The Bertz CT molecular complexity index is 617.